The van der Waals surface area contributed by atoms with Crippen molar-refractivity contribution in [1.29, 1.82) is 0 Å². The Morgan fingerprint density at radius 3 is 2.54 bits per heavy atom. The van der Waals surface area contributed by atoms with Gasteiger partial charge in [0.1, 0.15) is 5.76 Å². The number of H-pyrrole nitrogens is 1. The van der Waals surface area contributed by atoms with Crippen LogP contribution in [0, 0.1) is 0 Å². The highest BCUT2D eigenvalue weighted by Gasteiger charge is 2.26. The zero-order valence-electron chi connectivity index (χ0n) is 13.9. The van der Waals surface area contributed by atoms with E-state index in [-0.39, 0.29) is 6.10 Å². The van der Waals surface area contributed by atoms with E-state index in [1.165, 1.54) is 16.5 Å². The molecule has 0 saturated heterocycles. The Kier molecular flexibility index (Phi) is 3.68. The molecule has 0 saturated carbocycles. The first-order chi connectivity index (χ1) is 12.8. The zero-order valence-corrected chi connectivity index (χ0v) is 15.5. The van der Waals surface area contributed by atoms with E-state index in [1.54, 1.807) is 0 Å². The maximum absolute atomic E-state index is 6.52. The summed E-state index contributed by atoms with van der Waals surface area (Å²) < 4.78 is 7.58. The van der Waals surface area contributed by atoms with Crippen molar-refractivity contribution in [2.75, 3.05) is 0 Å². The minimum absolute atomic E-state index is 0.144. The molecule has 3 heteroatoms. The molecule has 2 nitrogen and oxygen atoms in total. The van der Waals surface area contributed by atoms with Crippen molar-refractivity contribution in [3.05, 3.63) is 106 Å². The van der Waals surface area contributed by atoms with Crippen LogP contribution in [-0.2, 0) is 4.74 Å². The van der Waals surface area contributed by atoms with Crippen molar-refractivity contribution >= 4 is 38.7 Å². The molecule has 1 aliphatic heterocycles. The zero-order chi connectivity index (χ0) is 17.5. The van der Waals surface area contributed by atoms with Crippen LogP contribution in [0.2, 0.25) is 0 Å². The SMILES string of the molecule is Brc1ccc2[nH]cc(C3OC(c4ccccc4)=Cc4ccccc43)c2c1. The Morgan fingerprint density at radius 2 is 1.65 bits per heavy atom. The summed E-state index contributed by atoms with van der Waals surface area (Å²) in [5.41, 5.74) is 5.74. The van der Waals surface area contributed by atoms with E-state index < -0.39 is 0 Å². The monoisotopic (exact) mass is 401 g/mol. The fourth-order valence-electron chi connectivity index (χ4n) is 3.56. The number of rotatable bonds is 2. The summed E-state index contributed by atoms with van der Waals surface area (Å²) in [4.78, 5) is 3.38. The summed E-state index contributed by atoms with van der Waals surface area (Å²) in [6, 6.07) is 25.0. The number of fused-ring (bicyclic) bond motifs is 2. The van der Waals surface area contributed by atoms with Gasteiger partial charge in [0, 0.05) is 38.3 Å². The van der Waals surface area contributed by atoms with Gasteiger partial charge in [-0.15, -0.1) is 0 Å². The normalized spacial score (nSPS) is 16.0. The van der Waals surface area contributed by atoms with Gasteiger partial charge in [0.15, 0.2) is 6.10 Å². The van der Waals surface area contributed by atoms with E-state index in [9.17, 15) is 0 Å². The number of ether oxygens (including phenoxy) is 1. The summed E-state index contributed by atoms with van der Waals surface area (Å²) in [7, 11) is 0. The molecule has 1 aromatic heterocycles. The third-order valence-electron chi connectivity index (χ3n) is 4.83. The lowest BCUT2D eigenvalue weighted by Crippen LogP contribution is -2.11. The van der Waals surface area contributed by atoms with Gasteiger partial charge in [-0.25, -0.2) is 0 Å². The molecule has 1 N–H and O–H groups in total. The highest BCUT2D eigenvalue weighted by Crippen LogP contribution is 2.41. The van der Waals surface area contributed by atoms with E-state index in [0.717, 1.165) is 26.9 Å². The van der Waals surface area contributed by atoms with Crippen LogP contribution in [0.1, 0.15) is 28.4 Å². The number of aromatic nitrogens is 1. The Morgan fingerprint density at radius 1 is 0.846 bits per heavy atom. The molecular formula is C23H16BrNO. The molecular weight excluding hydrogens is 386 g/mol. The van der Waals surface area contributed by atoms with E-state index in [2.05, 4.69) is 81.7 Å². The maximum atomic E-state index is 6.52. The van der Waals surface area contributed by atoms with E-state index in [1.807, 2.05) is 24.3 Å². The summed E-state index contributed by atoms with van der Waals surface area (Å²) >= 11 is 3.59. The molecule has 5 rings (SSSR count). The van der Waals surface area contributed by atoms with Crippen LogP contribution >= 0.6 is 15.9 Å². The molecule has 0 aliphatic carbocycles. The smallest absolute Gasteiger partial charge is 0.152 e. The van der Waals surface area contributed by atoms with Crippen LogP contribution in [0.15, 0.2) is 83.5 Å². The second kappa shape index (κ2) is 6.19. The van der Waals surface area contributed by atoms with Gasteiger partial charge in [-0.05, 0) is 29.8 Å². The molecule has 0 radical (unpaired) electrons. The van der Waals surface area contributed by atoms with Crippen LogP contribution in [0.25, 0.3) is 22.7 Å². The molecule has 126 valence electrons. The van der Waals surface area contributed by atoms with Crippen LogP contribution < -0.4 is 0 Å². The summed E-state index contributed by atoms with van der Waals surface area (Å²) in [6.45, 7) is 0. The molecule has 1 atom stereocenters. The van der Waals surface area contributed by atoms with Crippen molar-refractivity contribution in [3.63, 3.8) is 0 Å². The van der Waals surface area contributed by atoms with Crippen LogP contribution in [-0.4, -0.2) is 4.98 Å². The summed E-state index contributed by atoms with van der Waals surface area (Å²) in [5.74, 6) is 0.902. The van der Waals surface area contributed by atoms with Gasteiger partial charge >= 0.3 is 0 Å². The first kappa shape index (κ1) is 15.5. The fourth-order valence-corrected chi connectivity index (χ4v) is 3.92. The standard InChI is InChI=1S/C23H16BrNO/c24-17-10-11-21-19(13-17)20(14-25-21)23-18-9-5-4-8-16(18)12-22(26-23)15-6-2-1-3-7-15/h1-14,23,25H. The van der Waals surface area contributed by atoms with E-state index >= 15 is 0 Å². The molecule has 26 heavy (non-hydrogen) atoms. The number of nitrogens with one attached hydrogen (secondary N) is 1. The van der Waals surface area contributed by atoms with Gasteiger partial charge < -0.3 is 9.72 Å². The van der Waals surface area contributed by atoms with Crippen LogP contribution in [0.3, 0.4) is 0 Å². The molecule has 1 unspecified atom stereocenters. The summed E-state index contributed by atoms with van der Waals surface area (Å²) in [6.07, 6.45) is 4.05. The van der Waals surface area contributed by atoms with Crippen molar-refractivity contribution in [2.24, 2.45) is 0 Å². The largest absolute Gasteiger partial charge is 0.480 e. The minimum Gasteiger partial charge on any atom is -0.480 e. The summed E-state index contributed by atoms with van der Waals surface area (Å²) in [5, 5.41) is 1.17. The number of benzene rings is 3. The Labute approximate surface area is 160 Å². The molecule has 1 aliphatic rings. The number of hydrogen-bond acceptors (Lipinski definition) is 1. The number of halogens is 1. The molecule has 0 fully saturated rings. The predicted molar refractivity (Wildman–Crippen MR) is 110 cm³/mol. The molecule has 0 bridgehead atoms. The van der Waals surface area contributed by atoms with Crippen LogP contribution in [0.4, 0.5) is 0 Å². The van der Waals surface area contributed by atoms with E-state index in [0.29, 0.717) is 0 Å². The molecule has 2 heterocycles. The van der Waals surface area contributed by atoms with Crippen LogP contribution in [0.5, 0.6) is 0 Å². The van der Waals surface area contributed by atoms with Crippen molar-refractivity contribution in [2.45, 2.75) is 6.10 Å². The molecule has 3 aromatic carbocycles. The molecule has 4 aromatic rings. The lowest BCUT2D eigenvalue weighted by atomic mass is 9.93. The van der Waals surface area contributed by atoms with Gasteiger partial charge in [0.25, 0.3) is 0 Å². The van der Waals surface area contributed by atoms with Crippen molar-refractivity contribution in [3.8, 4) is 0 Å². The minimum atomic E-state index is -0.144. The lowest BCUT2D eigenvalue weighted by molar-refractivity contribution is 0.207. The van der Waals surface area contributed by atoms with Gasteiger partial charge in [0.05, 0.1) is 0 Å². The van der Waals surface area contributed by atoms with E-state index in [4.69, 9.17) is 4.74 Å². The molecule has 0 amide bonds. The fraction of sp³-hybridized carbons (Fsp3) is 0.0435. The van der Waals surface area contributed by atoms with Gasteiger partial charge in [0.2, 0.25) is 0 Å². The highest BCUT2D eigenvalue weighted by molar-refractivity contribution is 9.10. The average Bonchev–Trinajstić information content (AvgIpc) is 3.10. The Bertz CT molecular complexity index is 1130. The number of aromatic amines is 1. The second-order valence-electron chi connectivity index (χ2n) is 6.44. The van der Waals surface area contributed by atoms with Crippen molar-refractivity contribution < 1.29 is 4.74 Å². The van der Waals surface area contributed by atoms with Gasteiger partial charge in [-0.2, -0.15) is 0 Å². The second-order valence-corrected chi connectivity index (χ2v) is 7.35. The lowest BCUT2D eigenvalue weighted by Gasteiger charge is -2.27. The first-order valence-electron chi connectivity index (χ1n) is 8.59. The third-order valence-corrected chi connectivity index (χ3v) is 5.32. The topological polar surface area (TPSA) is 25.0 Å². The predicted octanol–water partition coefficient (Wildman–Crippen LogP) is 6.55. The van der Waals surface area contributed by atoms with Gasteiger partial charge in [-0.3, -0.25) is 0 Å². The Hall–Kier alpha value is -2.78. The average molecular weight is 402 g/mol. The maximum Gasteiger partial charge on any atom is 0.152 e. The Balaban J connectivity index is 1.69. The quantitative estimate of drug-likeness (QED) is 0.404. The third kappa shape index (κ3) is 2.56. The number of hydrogen-bond donors (Lipinski definition) is 1. The first-order valence-corrected chi connectivity index (χ1v) is 9.38. The van der Waals surface area contributed by atoms with Gasteiger partial charge in [-0.1, -0.05) is 70.5 Å². The van der Waals surface area contributed by atoms with Crippen molar-refractivity contribution in [1.82, 2.24) is 4.98 Å². The molecule has 0 spiro atoms. The highest BCUT2D eigenvalue weighted by atomic mass is 79.9.